The van der Waals surface area contributed by atoms with Crippen LogP contribution in [-0.4, -0.2) is 11.4 Å². The maximum atomic E-state index is 13.3. The molecule has 0 unspecified atom stereocenters. The lowest BCUT2D eigenvalue weighted by molar-refractivity contribution is -0.122. The van der Waals surface area contributed by atoms with E-state index in [1.165, 1.54) is 6.07 Å². The molecule has 18 heavy (non-hydrogen) atoms. The summed E-state index contributed by atoms with van der Waals surface area (Å²) in [5, 5.41) is 11.4. The molecule has 0 aliphatic rings. The highest BCUT2D eigenvalue weighted by Gasteiger charge is 2.18. The van der Waals surface area contributed by atoms with Crippen molar-refractivity contribution in [2.45, 2.75) is 38.6 Å². The fourth-order valence-corrected chi connectivity index (χ4v) is 1.58. The van der Waals surface area contributed by atoms with Gasteiger partial charge in [0.15, 0.2) is 0 Å². The quantitative estimate of drug-likeness (QED) is 0.870. The van der Waals surface area contributed by atoms with Crippen LogP contribution in [0.2, 0.25) is 0 Å². The number of benzene rings is 1. The van der Waals surface area contributed by atoms with Gasteiger partial charge < -0.3 is 5.32 Å². The van der Waals surface area contributed by atoms with Crippen molar-refractivity contribution in [3.8, 4) is 6.07 Å². The number of rotatable bonds is 5. The van der Waals surface area contributed by atoms with Crippen LogP contribution in [-0.2, 0) is 11.2 Å². The van der Waals surface area contributed by atoms with Crippen LogP contribution in [0.3, 0.4) is 0 Å². The molecule has 1 rings (SSSR count). The predicted octanol–water partition coefficient (Wildman–Crippen LogP) is 2.57. The van der Waals surface area contributed by atoms with Gasteiger partial charge >= 0.3 is 0 Å². The fourth-order valence-electron chi connectivity index (χ4n) is 1.58. The average Bonchev–Trinajstić information content (AvgIpc) is 2.31. The Bertz CT molecular complexity index is 463. The summed E-state index contributed by atoms with van der Waals surface area (Å²) in [6.45, 7) is 3.28. The first-order valence-electron chi connectivity index (χ1n) is 5.90. The first-order chi connectivity index (χ1) is 8.44. The number of hydrogen-bond donors (Lipinski definition) is 1. The van der Waals surface area contributed by atoms with E-state index < -0.39 is 5.54 Å². The largest absolute Gasteiger partial charge is 0.338 e. The monoisotopic (exact) mass is 248 g/mol. The maximum Gasteiger partial charge on any atom is 0.221 e. The summed E-state index contributed by atoms with van der Waals surface area (Å²) in [6, 6.07) is 8.54. The Morgan fingerprint density at radius 2 is 2.11 bits per heavy atom. The van der Waals surface area contributed by atoms with E-state index in [9.17, 15) is 9.18 Å². The normalized spacial score (nSPS) is 10.8. The molecule has 1 aromatic carbocycles. The molecule has 0 saturated heterocycles. The number of nitrogens with one attached hydrogen (secondary N) is 1. The second kappa shape index (κ2) is 6.15. The first kappa shape index (κ1) is 14.2. The molecule has 0 aromatic heterocycles. The van der Waals surface area contributed by atoms with E-state index in [0.29, 0.717) is 24.8 Å². The van der Waals surface area contributed by atoms with Gasteiger partial charge in [0.2, 0.25) is 5.91 Å². The molecule has 0 fully saturated rings. The predicted molar refractivity (Wildman–Crippen MR) is 67.2 cm³/mol. The zero-order chi connectivity index (χ0) is 13.6. The molecule has 96 valence electrons. The molecule has 0 aliphatic carbocycles. The third-order valence-electron chi connectivity index (χ3n) is 2.54. The van der Waals surface area contributed by atoms with Crippen LogP contribution in [0.5, 0.6) is 0 Å². The third kappa shape index (κ3) is 4.54. The van der Waals surface area contributed by atoms with Crippen molar-refractivity contribution in [3.63, 3.8) is 0 Å². The van der Waals surface area contributed by atoms with Crippen LogP contribution in [0.4, 0.5) is 4.39 Å². The maximum absolute atomic E-state index is 13.3. The van der Waals surface area contributed by atoms with Crippen LogP contribution in [0.15, 0.2) is 24.3 Å². The van der Waals surface area contributed by atoms with Gasteiger partial charge in [-0.1, -0.05) is 18.2 Å². The van der Waals surface area contributed by atoms with E-state index in [0.717, 1.165) is 0 Å². The SMILES string of the molecule is CC(C)(C#N)NC(=O)CCCc1ccccc1F. The Kier molecular flexibility index (Phi) is 4.85. The average molecular weight is 248 g/mol. The Balaban J connectivity index is 2.37. The van der Waals surface area contributed by atoms with Crippen molar-refractivity contribution in [2.24, 2.45) is 0 Å². The smallest absolute Gasteiger partial charge is 0.221 e. The number of hydrogen-bond acceptors (Lipinski definition) is 2. The number of halogens is 1. The fraction of sp³-hybridized carbons (Fsp3) is 0.429. The molecule has 1 N–H and O–H groups in total. The summed E-state index contributed by atoms with van der Waals surface area (Å²) in [7, 11) is 0. The van der Waals surface area contributed by atoms with Crippen molar-refractivity contribution in [2.75, 3.05) is 0 Å². The third-order valence-corrected chi connectivity index (χ3v) is 2.54. The second-order valence-electron chi connectivity index (χ2n) is 4.73. The molecule has 0 spiro atoms. The molecule has 0 radical (unpaired) electrons. The standard InChI is InChI=1S/C14H17FN2O/c1-14(2,10-16)17-13(18)9-5-7-11-6-3-4-8-12(11)15/h3-4,6,8H,5,7,9H2,1-2H3,(H,17,18). The van der Waals surface area contributed by atoms with Gasteiger partial charge in [0.05, 0.1) is 6.07 Å². The van der Waals surface area contributed by atoms with Crippen molar-refractivity contribution >= 4 is 5.91 Å². The van der Waals surface area contributed by atoms with Crippen LogP contribution < -0.4 is 5.32 Å². The summed E-state index contributed by atoms with van der Waals surface area (Å²) in [5.41, 5.74) is -0.237. The molecule has 0 bridgehead atoms. The molecule has 1 aromatic rings. The van der Waals surface area contributed by atoms with E-state index in [-0.39, 0.29) is 11.7 Å². The van der Waals surface area contributed by atoms with Gasteiger partial charge in [0.25, 0.3) is 0 Å². The molecule has 0 atom stereocenters. The summed E-state index contributed by atoms with van der Waals surface area (Å²) >= 11 is 0. The highest BCUT2D eigenvalue weighted by Crippen LogP contribution is 2.10. The minimum absolute atomic E-state index is 0.183. The van der Waals surface area contributed by atoms with E-state index in [1.54, 1.807) is 32.0 Å². The Hall–Kier alpha value is -1.89. The lowest BCUT2D eigenvalue weighted by atomic mass is 10.1. The molecule has 0 saturated carbocycles. The lowest BCUT2D eigenvalue weighted by Crippen LogP contribution is -2.41. The van der Waals surface area contributed by atoms with Gasteiger partial charge in [0, 0.05) is 6.42 Å². The van der Waals surface area contributed by atoms with Crippen LogP contribution in [0, 0.1) is 17.1 Å². The topological polar surface area (TPSA) is 52.9 Å². The van der Waals surface area contributed by atoms with Gasteiger partial charge in [-0.2, -0.15) is 5.26 Å². The van der Waals surface area contributed by atoms with Gasteiger partial charge in [-0.05, 0) is 38.3 Å². The number of nitriles is 1. The number of carbonyl (C=O) groups is 1. The second-order valence-corrected chi connectivity index (χ2v) is 4.73. The van der Waals surface area contributed by atoms with E-state index in [2.05, 4.69) is 5.32 Å². The van der Waals surface area contributed by atoms with Gasteiger partial charge in [-0.3, -0.25) is 4.79 Å². The number of nitrogens with zero attached hydrogens (tertiary/aromatic N) is 1. The minimum Gasteiger partial charge on any atom is -0.338 e. The Labute approximate surface area is 107 Å². The van der Waals surface area contributed by atoms with Crippen LogP contribution >= 0.6 is 0 Å². The number of amides is 1. The minimum atomic E-state index is -0.852. The summed E-state index contributed by atoms with van der Waals surface area (Å²) in [4.78, 5) is 11.5. The lowest BCUT2D eigenvalue weighted by Gasteiger charge is -2.17. The highest BCUT2D eigenvalue weighted by atomic mass is 19.1. The zero-order valence-electron chi connectivity index (χ0n) is 10.7. The van der Waals surface area contributed by atoms with E-state index in [4.69, 9.17) is 5.26 Å². The van der Waals surface area contributed by atoms with Crippen molar-refractivity contribution in [1.29, 1.82) is 5.26 Å². The summed E-state index contributed by atoms with van der Waals surface area (Å²) < 4.78 is 13.3. The number of aryl methyl sites for hydroxylation is 1. The van der Waals surface area contributed by atoms with Crippen molar-refractivity contribution in [3.05, 3.63) is 35.6 Å². The summed E-state index contributed by atoms with van der Waals surface area (Å²) in [6.07, 6.45) is 1.38. The van der Waals surface area contributed by atoms with Crippen LogP contribution in [0.25, 0.3) is 0 Å². The van der Waals surface area contributed by atoms with Gasteiger partial charge in [-0.15, -0.1) is 0 Å². The van der Waals surface area contributed by atoms with Crippen molar-refractivity contribution < 1.29 is 9.18 Å². The highest BCUT2D eigenvalue weighted by molar-refractivity contribution is 5.77. The molecule has 0 heterocycles. The zero-order valence-corrected chi connectivity index (χ0v) is 10.7. The van der Waals surface area contributed by atoms with Crippen LogP contribution in [0.1, 0.15) is 32.3 Å². The molecular weight excluding hydrogens is 231 g/mol. The van der Waals surface area contributed by atoms with E-state index >= 15 is 0 Å². The Morgan fingerprint density at radius 1 is 1.44 bits per heavy atom. The van der Waals surface area contributed by atoms with Gasteiger partial charge in [-0.25, -0.2) is 4.39 Å². The first-order valence-corrected chi connectivity index (χ1v) is 5.90. The molecule has 4 heteroatoms. The van der Waals surface area contributed by atoms with E-state index in [1.807, 2.05) is 6.07 Å². The summed E-state index contributed by atoms with van der Waals surface area (Å²) in [5.74, 6) is -0.423. The van der Waals surface area contributed by atoms with Crippen molar-refractivity contribution in [1.82, 2.24) is 5.32 Å². The molecular formula is C14H17FN2O. The number of carbonyl (C=O) groups excluding carboxylic acids is 1. The Morgan fingerprint density at radius 3 is 2.72 bits per heavy atom. The molecule has 1 amide bonds. The molecule has 0 aliphatic heterocycles. The molecule has 3 nitrogen and oxygen atoms in total. The van der Waals surface area contributed by atoms with Gasteiger partial charge in [0.1, 0.15) is 11.4 Å².